The first kappa shape index (κ1) is 17.5. The summed E-state index contributed by atoms with van der Waals surface area (Å²) in [5.74, 6) is -0.948. The quantitative estimate of drug-likeness (QED) is 0.648. The number of nitrogens with one attached hydrogen (secondary N) is 1. The van der Waals surface area contributed by atoms with E-state index in [4.69, 9.17) is 13.6 Å². The number of furan rings is 1. The van der Waals surface area contributed by atoms with Crippen LogP contribution in [0.15, 0.2) is 56.3 Å². The van der Waals surface area contributed by atoms with E-state index in [9.17, 15) is 14.4 Å². The molecule has 1 aromatic carbocycles. The number of aromatic nitrogens is 1. The van der Waals surface area contributed by atoms with Crippen molar-refractivity contribution in [1.29, 1.82) is 0 Å². The van der Waals surface area contributed by atoms with E-state index in [-0.39, 0.29) is 19.0 Å². The number of carbonyl (C=O) groups is 2. The Bertz CT molecular complexity index is 954. The average Bonchev–Trinajstić information content (AvgIpc) is 3.25. The van der Waals surface area contributed by atoms with E-state index in [1.165, 1.54) is 10.8 Å². The van der Waals surface area contributed by atoms with Crippen LogP contribution in [0.2, 0.25) is 0 Å². The second-order valence-corrected chi connectivity index (χ2v) is 5.70. The highest BCUT2D eigenvalue weighted by molar-refractivity contribution is 5.80. The van der Waals surface area contributed by atoms with Gasteiger partial charge in [-0.2, -0.15) is 0 Å². The van der Waals surface area contributed by atoms with Crippen LogP contribution in [0, 0.1) is 0 Å². The first-order valence-corrected chi connectivity index (χ1v) is 8.11. The minimum Gasteiger partial charge on any atom is -0.467 e. The van der Waals surface area contributed by atoms with E-state index >= 15 is 0 Å². The Hall–Kier alpha value is -3.29. The second kappa shape index (κ2) is 7.73. The number of benzene rings is 1. The van der Waals surface area contributed by atoms with E-state index < -0.39 is 24.2 Å². The summed E-state index contributed by atoms with van der Waals surface area (Å²) in [4.78, 5) is 35.5. The van der Waals surface area contributed by atoms with Gasteiger partial charge in [-0.1, -0.05) is 12.1 Å². The molecule has 3 aromatic rings. The van der Waals surface area contributed by atoms with Gasteiger partial charge in [0, 0.05) is 6.54 Å². The number of hydrogen-bond donors (Lipinski definition) is 1. The first-order chi connectivity index (χ1) is 12.5. The van der Waals surface area contributed by atoms with Crippen molar-refractivity contribution in [1.82, 2.24) is 9.88 Å². The van der Waals surface area contributed by atoms with Crippen LogP contribution in [-0.4, -0.2) is 23.1 Å². The Balaban J connectivity index is 1.47. The van der Waals surface area contributed by atoms with Crippen LogP contribution >= 0.6 is 0 Å². The van der Waals surface area contributed by atoms with Gasteiger partial charge in [0.15, 0.2) is 12.2 Å². The molecule has 2 heterocycles. The molecule has 1 N–H and O–H groups in total. The Morgan fingerprint density at radius 1 is 1.23 bits per heavy atom. The summed E-state index contributed by atoms with van der Waals surface area (Å²) in [7, 11) is 0. The van der Waals surface area contributed by atoms with Gasteiger partial charge in [0.05, 0.1) is 24.2 Å². The van der Waals surface area contributed by atoms with Crippen molar-refractivity contribution in [2.45, 2.75) is 25.9 Å². The zero-order valence-electron chi connectivity index (χ0n) is 14.1. The number of nitrogens with zero attached hydrogens (tertiary/aromatic N) is 1. The van der Waals surface area contributed by atoms with Crippen LogP contribution in [-0.2, 0) is 20.9 Å². The number of esters is 1. The molecule has 0 fully saturated rings. The lowest BCUT2D eigenvalue weighted by Gasteiger charge is -2.11. The number of aryl methyl sites for hydroxylation is 1. The molecular formula is C18H18N2O6. The lowest BCUT2D eigenvalue weighted by molar-refractivity contribution is -0.149. The number of oxazole rings is 1. The largest absolute Gasteiger partial charge is 0.467 e. The van der Waals surface area contributed by atoms with E-state index in [1.807, 2.05) is 0 Å². The molecule has 26 heavy (non-hydrogen) atoms. The van der Waals surface area contributed by atoms with E-state index in [1.54, 1.807) is 43.3 Å². The molecule has 3 rings (SSSR count). The third-order valence-electron chi connectivity index (χ3n) is 3.82. The third-order valence-corrected chi connectivity index (χ3v) is 3.82. The number of fused-ring (bicyclic) bond motifs is 1. The number of rotatable bonds is 7. The van der Waals surface area contributed by atoms with Crippen LogP contribution in [0.5, 0.6) is 0 Å². The molecule has 1 atom stereocenters. The fourth-order valence-corrected chi connectivity index (χ4v) is 2.54. The van der Waals surface area contributed by atoms with Crippen LogP contribution in [0.25, 0.3) is 11.1 Å². The summed E-state index contributed by atoms with van der Waals surface area (Å²) in [5.41, 5.74) is 1.06. The number of amides is 1. The van der Waals surface area contributed by atoms with Gasteiger partial charge < -0.3 is 18.9 Å². The molecule has 0 radical (unpaired) electrons. The smallest absolute Gasteiger partial charge is 0.419 e. The zero-order valence-corrected chi connectivity index (χ0v) is 14.1. The number of ether oxygens (including phenoxy) is 1. The fraction of sp³-hybridized carbons (Fsp3) is 0.278. The molecule has 0 spiro atoms. The maximum absolute atomic E-state index is 11.8. The third kappa shape index (κ3) is 4.02. The number of hydrogen-bond acceptors (Lipinski definition) is 6. The lowest BCUT2D eigenvalue weighted by Crippen LogP contribution is -2.31. The van der Waals surface area contributed by atoms with Crippen molar-refractivity contribution < 1.29 is 23.2 Å². The molecule has 0 unspecified atom stereocenters. The van der Waals surface area contributed by atoms with Crippen molar-refractivity contribution in [3.8, 4) is 0 Å². The van der Waals surface area contributed by atoms with Crippen LogP contribution in [0.3, 0.4) is 0 Å². The van der Waals surface area contributed by atoms with E-state index in [2.05, 4.69) is 5.32 Å². The highest BCUT2D eigenvalue weighted by Crippen LogP contribution is 2.13. The maximum atomic E-state index is 11.8. The molecule has 0 aliphatic rings. The highest BCUT2D eigenvalue weighted by atomic mass is 16.5. The standard InChI is InChI=1S/C18H18N2O6/c1-12(14-7-4-10-24-14)19-16(21)11-25-17(22)8-9-20-13-5-2-3-6-15(13)26-18(20)23/h2-7,10,12H,8-9,11H2,1H3,(H,19,21)/t12-/m1/s1. The molecule has 136 valence electrons. The predicted octanol–water partition coefficient (Wildman–Crippen LogP) is 2.00. The fourth-order valence-electron chi connectivity index (χ4n) is 2.54. The summed E-state index contributed by atoms with van der Waals surface area (Å²) >= 11 is 0. The van der Waals surface area contributed by atoms with E-state index in [0.717, 1.165) is 0 Å². The molecule has 1 amide bonds. The zero-order chi connectivity index (χ0) is 18.5. The molecule has 2 aromatic heterocycles. The average molecular weight is 358 g/mol. The van der Waals surface area contributed by atoms with Crippen molar-refractivity contribution in [3.05, 3.63) is 59.0 Å². The predicted molar refractivity (Wildman–Crippen MR) is 91.3 cm³/mol. The lowest BCUT2D eigenvalue weighted by atomic mass is 10.2. The number of carbonyl (C=O) groups excluding carboxylic acids is 2. The van der Waals surface area contributed by atoms with Gasteiger partial charge in [-0.05, 0) is 31.2 Å². The van der Waals surface area contributed by atoms with Gasteiger partial charge in [-0.25, -0.2) is 4.79 Å². The monoisotopic (exact) mass is 358 g/mol. The van der Waals surface area contributed by atoms with E-state index in [0.29, 0.717) is 16.9 Å². The Morgan fingerprint density at radius 3 is 2.81 bits per heavy atom. The molecule has 0 saturated heterocycles. The summed E-state index contributed by atoms with van der Waals surface area (Å²) in [6.07, 6.45) is 1.46. The molecule has 8 heteroatoms. The molecular weight excluding hydrogens is 340 g/mol. The second-order valence-electron chi connectivity index (χ2n) is 5.70. The van der Waals surface area contributed by atoms with Gasteiger partial charge in [0.1, 0.15) is 5.76 Å². The van der Waals surface area contributed by atoms with Gasteiger partial charge >= 0.3 is 11.7 Å². The highest BCUT2D eigenvalue weighted by Gasteiger charge is 2.15. The van der Waals surface area contributed by atoms with Crippen molar-refractivity contribution >= 4 is 23.0 Å². The topological polar surface area (TPSA) is 104 Å². The molecule has 0 saturated carbocycles. The van der Waals surface area contributed by atoms with Crippen molar-refractivity contribution in [3.63, 3.8) is 0 Å². The van der Waals surface area contributed by atoms with Crippen molar-refractivity contribution in [2.24, 2.45) is 0 Å². The molecule has 0 aliphatic carbocycles. The summed E-state index contributed by atoms with van der Waals surface area (Å²) < 4.78 is 16.6. The minimum atomic E-state index is -0.581. The van der Waals surface area contributed by atoms with Crippen LogP contribution in [0.1, 0.15) is 25.1 Å². The van der Waals surface area contributed by atoms with Gasteiger partial charge in [0.2, 0.25) is 0 Å². The first-order valence-electron chi connectivity index (χ1n) is 8.11. The number of para-hydroxylation sites is 2. The summed E-state index contributed by atoms with van der Waals surface area (Å²) in [6, 6.07) is 10.1. The Labute approximate surface area is 148 Å². The summed E-state index contributed by atoms with van der Waals surface area (Å²) in [6.45, 7) is 1.47. The van der Waals surface area contributed by atoms with Gasteiger partial charge in [-0.15, -0.1) is 0 Å². The Morgan fingerprint density at radius 2 is 2.04 bits per heavy atom. The van der Waals surface area contributed by atoms with Crippen LogP contribution in [0.4, 0.5) is 0 Å². The van der Waals surface area contributed by atoms with Crippen LogP contribution < -0.4 is 11.1 Å². The van der Waals surface area contributed by atoms with Gasteiger partial charge in [0.25, 0.3) is 5.91 Å². The Kier molecular flexibility index (Phi) is 5.21. The maximum Gasteiger partial charge on any atom is 0.419 e. The molecule has 8 nitrogen and oxygen atoms in total. The summed E-state index contributed by atoms with van der Waals surface area (Å²) in [5, 5.41) is 2.66. The normalized spacial score (nSPS) is 12.0. The SMILES string of the molecule is C[C@@H](NC(=O)COC(=O)CCn1c(=O)oc2ccccc21)c1ccco1. The minimum absolute atomic E-state index is 0.0511. The molecule has 0 bridgehead atoms. The van der Waals surface area contributed by atoms with Gasteiger partial charge in [-0.3, -0.25) is 14.2 Å². The van der Waals surface area contributed by atoms with Crippen molar-refractivity contribution in [2.75, 3.05) is 6.61 Å². The molecule has 0 aliphatic heterocycles.